The fraction of sp³-hybridized carbons (Fsp3) is 0.222. The van der Waals surface area contributed by atoms with E-state index in [1.54, 1.807) is 0 Å². The highest BCUT2D eigenvalue weighted by Gasteiger charge is 2.35. The molecule has 2 N–H and O–H groups in total. The zero-order chi connectivity index (χ0) is 12.3. The second kappa shape index (κ2) is 4.38. The van der Waals surface area contributed by atoms with Crippen molar-refractivity contribution in [1.29, 1.82) is 0 Å². The molecule has 16 heavy (non-hydrogen) atoms. The highest BCUT2D eigenvalue weighted by molar-refractivity contribution is 5.81. The van der Waals surface area contributed by atoms with E-state index in [9.17, 15) is 17.6 Å². The van der Waals surface area contributed by atoms with Crippen LogP contribution in [0.25, 0.3) is 0 Å². The van der Waals surface area contributed by atoms with Crippen LogP contribution in [0.2, 0.25) is 0 Å². The van der Waals surface area contributed by atoms with Crippen LogP contribution in [-0.2, 0) is 6.18 Å². The van der Waals surface area contributed by atoms with Crippen LogP contribution in [0, 0.1) is 5.82 Å². The molecular weight excluding hydrogens is 228 g/mol. The number of hydrogen-bond donors (Lipinski definition) is 1. The normalized spacial score (nSPS) is 12.1. The van der Waals surface area contributed by atoms with E-state index in [2.05, 4.69) is 9.84 Å². The van der Waals surface area contributed by atoms with Gasteiger partial charge in [0.1, 0.15) is 11.6 Å². The summed E-state index contributed by atoms with van der Waals surface area (Å²) in [5, 5.41) is 2.98. The van der Waals surface area contributed by atoms with Crippen molar-refractivity contribution in [3.63, 3.8) is 0 Å². The summed E-state index contributed by atoms with van der Waals surface area (Å²) in [5.74, 6) is 3.21. The molecule has 0 heterocycles. The number of halogens is 4. The van der Waals surface area contributed by atoms with Crippen LogP contribution in [0.3, 0.4) is 0 Å². The van der Waals surface area contributed by atoms with Crippen molar-refractivity contribution in [2.75, 3.05) is 7.11 Å². The lowest BCUT2D eigenvalue weighted by atomic mass is 10.1. The largest absolute Gasteiger partial charge is 0.497 e. The van der Waals surface area contributed by atoms with E-state index in [-0.39, 0.29) is 11.3 Å². The third-order valence-electron chi connectivity index (χ3n) is 1.83. The van der Waals surface area contributed by atoms with Gasteiger partial charge in [0.2, 0.25) is 0 Å². The minimum atomic E-state index is -4.80. The molecule has 0 unspecified atom stereocenters. The number of ether oxygens (including phenoxy) is 1. The molecule has 0 aliphatic carbocycles. The summed E-state index contributed by atoms with van der Waals surface area (Å²) >= 11 is 0. The lowest BCUT2D eigenvalue weighted by Gasteiger charge is -2.11. The summed E-state index contributed by atoms with van der Waals surface area (Å²) in [6.07, 6.45) is -4.01. The SMILES string of the molecule is COc1cc(C=NN)c(F)c(C(F)(F)F)c1. The third kappa shape index (κ3) is 2.41. The van der Waals surface area contributed by atoms with Gasteiger partial charge in [0, 0.05) is 5.56 Å². The molecule has 3 nitrogen and oxygen atoms in total. The summed E-state index contributed by atoms with van der Waals surface area (Å²) in [6, 6.07) is 1.64. The third-order valence-corrected chi connectivity index (χ3v) is 1.83. The fourth-order valence-electron chi connectivity index (χ4n) is 1.12. The molecule has 7 heteroatoms. The van der Waals surface area contributed by atoms with Gasteiger partial charge in [-0.1, -0.05) is 0 Å². The molecule has 0 aliphatic rings. The number of alkyl halides is 3. The Labute approximate surface area is 88.5 Å². The zero-order valence-electron chi connectivity index (χ0n) is 8.18. The molecule has 0 atom stereocenters. The molecule has 0 bridgehead atoms. The summed E-state index contributed by atoms with van der Waals surface area (Å²) in [5.41, 5.74) is -1.80. The number of hydrogen-bond acceptors (Lipinski definition) is 3. The van der Waals surface area contributed by atoms with Crippen LogP contribution in [0.4, 0.5) is 17.6 Å². The Bertz CT molecular complexity index is 415. The van der Waals surface area contributed by atoms with Crippen LogP contribution >= 0.6 is 0 Å². The van der Waals surface area contributed by atoms with Gasteiger partial charge in [-0.15, -0.1) is 0 Å². The van der Waals surface area contributed by atoms with E-state index < -0.39 is 17.6 Å². The second-order valence-corrected chi connectivity index (χ2v) is 2.85. The number of methoxy groups -OCH3 is 1. The fourth-order valence-corrected chi connectivity index (χ4v) is 1.12. The molecule has 1 rings (SSSR count). The maximum Gasteiger partial charge on any atom is 0.419 e. The van der Waals surface area contributed by atoms with Crippen molar-refractivity contribution < 1.29 is 22.3 Å². The van der Waals surface area contributed by atoms with Gasteiger partial charge in [-0.2, -0.15) is 18.3 Å². The number of benzene rings is 1. The zero-order valence-corrected chi connectivity index (χ0v) is 8.18. The predicted molar refractivity (Wildman–Crippen MR) is 49.7 cm³/mol. The lowest BCUT2D eigenvalue weighted by molar-refractivity contribution is -0.140. The standard InChI is InChI=1S/C9H8F4N2O/c1-16-6-2-5(4-15-14)8(10)7(3-6)9(11,12)13/h2-4H,14H2,1H3. The first kappa shape index (κ1) is 12.3. The Morgan fingerprint density at radius 3 is 2.44 bits per heavy atom. The molecule has 0 saturated carbocycles. The van der Waals surface area contributed by atoms with Gasteiger partial charge in [-0.05, 0) is 12.1 Å². The van der Waals surface area contributed by atoms with Gasteiger partial charge >= 0.3 is 6.18 Å². The molecule has 0 aromatic heterocycles. The molecule has 0 saturated heterocycles. The Morgan fingerprint density at radius 1 is 1.38 bits per heavy atom. The molecule has 0 fully saturated rings. The van der Waals surface area contributed by atoms with E-state index >= 15 is 0 Å². The van der Waals surface area contributed by atoms with Crippen molar-refractivity contribution >= 4 is 6.21 Å². The Kier molecular flexibility index (Phi) is 3.36. The Hall–Kier alpha value is -1.79. The number of nitrogens with zero attached hydrogens (tertiary/aromatic N) is 1. The topological polar surface area (TPSA) is 47.6 Å². The van der Waals surface area contributed by atoms with E-state index in [4.69, 9.17) is 5.84 Å². The molecule has 0 aliphatic heterocycles. The van der Waals surface area contributed by atoms with E-state index in [1.165, 1.54) is 7.11 Å². The van der Waals surface area contributed by atoms with Gasteiger partial charge in [-0.3, -0.25) is 0 Å². The van der Waals surface area contributed by atoms with Gasteiger partial charge in [0.05, 0.1) is 18.9 Å². The first-order valence-electron chi connectivity index (χ1n) is 4.08. The van der Waals surface area contributed by atoms with Crippen LogP contribution in [0.15, 0.2) is 17.2 Å². The highest BCUT2D eigenvalue weighted by atomic mass is 19.4. The average Bonchev–Trinajstić information content (AvgIpc) is 2.19. The summed E-state index contributed by atoms with van der Waals surface area (Å²) in [7, 11) is 1.18. The Morgan fingerprint density at radius 2 is 2.00 bits per heavy atom. The average molecular weight is 236 g/mol. The van der Waals surface area contributed by atoms with Crippen LogP contribution in [0.5, 0.6) is 5.75 Å². The monoisotopic (exact) mass is 236 g/mol. The second-order valence-electron chi connectivity index (χ2n) is 2.85. The quantitative estimate of drug-likeness (QED) is 0.370. The lowest BCUT2D eigenvalue weighted by Crippen LogP contribution is -2.10. The molecular formula is C9H8F4N2O. The van der Waals surface area contributed by atoms with Crippen molar-refractivity contribution in [2.24, 2.45) is 10.9 Å². The maximum atomic E-state index is 13.3. The van der Waals surface area contributed by atoms with E-state index in [0.717, 1.165) is 12.3 Å². The molecule has 1 aromatic rings. The van der Waals surface area contributed by atoms with Gasteiger partial charge in [-0.25, -0.2) is 4.39 Å². The molecule has 0 spiro atoms. The predicted octanol–water partition coefficient (Wildman–Crippen LogP) is 2.15. The van der Waals surface area contributed by atoms with Crippen LogP contribution in [-0.4, -0.2) is 13.3 Å². The maximum absolute atomic E-state index is 13.3. The summed E-state index contributed by atoms with van der Waals surface area (Å²) in [4.78, 5) is 0. The van der Waals surface area contributed by atoms with Gasteiger partial charge in [0.15, 0.2) is 0 Å². The van der Waals surface area contributed by atoms with Gasteiger partial charge in [0.25, 0.3) is 0 Å². The van der Waals surface area contributed by atoms with E-state index in [0.29, 0.717) is 6.07 Å². The number of hydrazone groups is 1. The van der Waals surface area contributed by atoms with Crippen LogP contribution in [0.1, 0.15) is 11.1 Å². The van der Waals surface area contributed by atoms with Crippen molar-refractivity contribution in [3.8, 4) is 5.75 Å². The van der Waals surface area contributed by atoms with Gasteiger partial charge < -0.3 is 10.6 Å². The highest BCUT2D eigenvalue weighted by Crippen LogP contribution is 2.34. The minimum absolute atomic E-state index is 0.122. The van der Waals surface area contributed by atoms with Crippen molar-refractivity contribution in [3.05, 3.63) is 29.1 Å². The first-order chi connectivity index (χ1) is 7.40. The van der Waals surface area contributed by atoms with E-state index in [1.807, 2.05) is 0 Å². The van der Waals surface area contributed by atoms with Crippen LogP contribution < -0.4 is 10.6 Å². The number of rotatable bonds is 2. The molecule has 88 valence electrons. The Balaban J connectivity index is 3.43. The smallest absolute Gasteiger partial charge is 0.419 e. The molecule has 1 aromatic carbocycles. The summed E-state index contributed by atoms with van der Waals surface area (Å²) in [6.45, 7) is 0. The van der Waals surface area contributed by atoms with Crippen molar-refractivity contribution in [1.82, 2.24) is 0 Å². The molecule has 0 amide bonds. The molecule has 0 radical (unpaired) electrons. The number of nitrogens with two attached hydrogens (primary N) is 1. The van der Waals surface area contributed by atoms with Crippen molar-refractivity contribution in [2.45, 2.75) is 6.18 Å². The first-order valence-corrected chi connectivity index (χ1v) is 4.08. The minimum Gasteiger partial charge on any atom is -0.497 e. The summed E-state index contributed by atoms with van der Waals surface area (Å²) < 4.78 is 55.2.